The van der Waals surface area contributed by atoms with Gasteiger partial charge in [0, 0.05) is 12.0 Å². The molecule has 0 N–H and O–H groups in total. The molecule has 2 rings (SSSR count). The monoisotopic (exact) mass is 290 g/mol. The molecule has 2 aromatic carbocycles. The van der Waals surface area contributed by atoms with Crippen molar-refractivity contribution in [1.82, 2.24) is 0 Å². The van der Waals surface area contributed by atoms with Crippen LogP contribution in [0.2, 0.25) is 0 Å². The third-order valence-electron chi connectivity index (χ3n) is 2.92. The zero-order chi connectivity index (χ0) is 15.3. The van der Waals surface area contributed by atoms with Crippen molar-refractivity contribution in [3.63, 3.8) is 0 Å². The largest absolute Gasteiger partial charge is 0.497 e. The molecule has 0 aromatic heterocycles. The third-order valence-corrected chi connectivity index (χ3v) is 2.92. The number of alkyl halides is 3. The summed E-state index contributed by atoms with van der Waals surface area (Å²) in [5, 5.41) is 0. The molecule has 2 aromatic rings. The topological polar surface area (TPSA) is 9.23 Å². The first-order valence-electron chi connectivity index (χ1n) is 6.29. The summed E-state index contributed by atoms with van der Waals surface area (Å²) in [7, 11) is 1.56. The van der Waals surface area contributed by atoms with Crippen LogP contribution in [0, 0.1) is 11.8 Å². The van der Waals surface area contributed by atoms with Gasteiger partial charge in [0.1, 0.15) is 5.75 Å². The fraction of sp³-hybridized carbons (Fsp3) is 0.176. The molecule has 0 aliphatic heterocycles. The molecule has 0 bridgehead atoms. The number of ether oxygens (including phenoxy) is 1. The average Bonchev–Trinajstić information content (AvgIpc) is 2.47. The van der Waals surface area contributed by atoms with Gasteiger partial charge >= 0.3 is 6.18 Å². The Hall–Kier alpha value is -2.41. The van der Waals surface area contributed by atoms with Crippen LogP contribution in [0.25, 0.3) is 0 Å². The van der Waals surface area contributed by atoms with Crippen molar-refractivity contribution < 1.29 is 17.9 Å². The first-order valence-corrected chi connectivity index (χ1v) is 6.29. The minimum Gasteiger partial charge on any atom is -0.497 e. The van der Waals surface area contributed by atoms with E-state index in [1.807, 2.05) is 0 Å². The molecule has 0 spiro atoms. The van der Waals surface area contributed by atoms with Crippen molar-refractivity contribution >= 4 is 0 Å². The summed E-state index contributed by atoms with van der Waals surface area (Å²) in [5.41, 5.74) is 0.292. The maximum atomic E-state index is 12.8. The Morgan fingerprint density at radius 1 is 1.00 bits per heavy atom. The summed E-state index contributed by atoms with van der Waals surface area (Å²) in [4.78, 5) is 0. The van der Waals surface area contributed by atoms with Crippen LogP contribution in [-0.2, 0) is 12.6 Å². The maximum Gasteiger partial charge on any atom is 0.416 e. The number of benzene rings is 2. The lowest BCUT2D eigenvalue weighted by molar-refractivity contribution is -0.138. The summed E-state index contributed by atoms with van der Waals surface area (Å²) in [6.45, 7) is 0. The van der Waals surface area contributed by atoms with Gasteiger partial charge in [0.25, 0.3) is 0 Å². The molecule has 0 saturated heterocycles. The smallest absolute Gasteiger partial charge is 0.416 e. The normalized spacial score (nSPS) is 10.7. The Balaban J connectivity index is 2.15. The van der Waals surface area contributed by atoms with Gasteiger partial charge in [-0.25, -0.2) is 0 Å². The van der Waals surface area contributed by atoms with E-state index in [4.69, 9.17) is 4.74 Å². The zero-order valence-electron chi connectivity index (χ0n) is 11.4. The van der Waals surface area contributed by atoms with Crippen LogP contribution in [0.1, 0.15) is 16.7 Å². The molecule has 108 valence electrons. The van der Waals surface area contributed by atoms with Crippen molar-refractivity contribution in [2.75, 3.05) is 7.11 Å². The molecule has 0 heterocycles. The molecule has 0 aliphatic carbocycles. The number of hydrogen-bond acceptors (Lipinski definition) is 1. The van der Waals surface area contributed by atoms with Crippen molar-refractivity contribution in [2.24, 2.45) is 0 Å². The molecule has 1 nitrogen and oxygen atoms in total. The molecule has 0 aliphatic rings. The van der Waals surface area contributed by atoms with E-state index < -0.39 is 11.7 Å². The van der Waals surface area contributed by atoms with E-state index in [-0.39, 0.29) is 12.0 Å². The molecule has 0 saturated carbocycles. The number of methoxy groups -OCH3 is 1. The Bertz CT molecular complexity index is 661. The van der Waals surface area contributed by atoms with Crippen LogP contribution in [-0.4, -0.2) is 7.11 Å². The molecule has 0 fully saturated rings. The van der Waals surface area contributed by atoms with Crippen molar-refractivity contribution in [3.8, 4) is 17.6 Å². The van der Waals surface area contributed by atoms with Crippen LogP contribution in [0.3, 0.4) is 0 Å². The molecule has 0 amide bonds. The van der Waals surface area contributed by atoms with Gasteiger partial charge < -0.3 is 4.74 Å². The minimum absolute atomic E-state index is 0.0573. The van der Waals surface area contributed by atoms with E-state index in [0.29, 0.717) is 5.75 Å². The van der Waals surface area contributed by atoms with Gasteiger partial charge in [0.2, 0.25) is 0 Å². The second kappa shape index (κ2) is 6.36. The second-order valence-corrected chi connectivity index (χ2v) is 4.36. The van der Waals surface area contributed by atoms with Gasteiger partial charge in [0.15, 0.2) is 0 Å². The summed E-state index contributed by atoms with van der Waals surface area (Å²) >= 11 is 0. The summed E-state index contributed by atoms with van der Waals surface area (Å²) in [6.07, 6.45) is -4.29. The minimum atomic E-state index is -4.35. The Kier molecular flexibility index (Phi) is 4.54. The van der Waals surface area contributed by atoms with Crippen LogP contribution in [0.15, 0.2) is 48.5 Å². The Morgan fingerprint density at radius 3 is 2.29 bits per heavy atom. The van der Waals surface area contributed by atoms with Gasteiger partial charge in [-0.2, -0.15) is 13.2 Å². The van der Waals surface area contributed by atoms with Crippen molar-refractivity contribution in [2.45, 2.75) is 12.6 Å². The van der Waals surface area contributed by atoms with E-state index in [9.17, 15) is 13.2 Å². The molecule has 21 heavy (non-hydrogen) atoms. The van der Waals surface area contributed by atoms with Crippen molar-refractivity contribution in [1.29, 1.82) is 0 Å². The lowest BCUT2D eigenvalue weighted by Crippen LogP contribution is -2.08. The maximum absolute atomic E-state index is 12.8. The van der Waals surface area contributed by atoms with Gasteiger partial charge in [-0.1, -0.05) is 30.0 Å². The fourth-order valence-electron chi connectivity index (χ4n) is 1.87. The summed E-state index contributed by atoms with van der Waals surface area (Å²) in [5.74, 6) is 6.34. The van der Waals surface area contributed by atoms with E-state index >= 15 is 0 Å². The SMILES string of the molecule is COc1ccc(C#CCc2ccccc2C(F)(F)F)cc1. The van der Waals surface area contributed by atoms with E-state index in [1.54, 1.807) is 37.4 Å². The lowest BCUT2D eigenvalue weighted by atomic mass is 10.0. The first kappa shape index (κ1) is 15.0. The highest BCUT2D eigenvalue weighted by atomic mass is 19.4. The highest BCUT2D eigenvalue weighted by molar-refractivity contribution is 5.40. The molecule has 4 heteroatoms. The number of hydrogen-bond donors (Lipinski definition) is 0. The van der Waals surface area contributed by atoms with Crippen LogP contribution in [0.5, 0.6) is 5.75 Å². The van der Waals surface area contributed by atoms with Crippen LogP contribution >= 0.6 is 0 Å². The Morgan fingerprint density at radius 2 is 1.67 bits per heavy atom. The van der Waals surface area contributed by atoms with E-state index in [2.05, 4.69) is 11.8 Å². The molecule has 0 radical (unpaired) electrons. The average molecular weight is 290 g/mol. The van der Waals surface area contributed by atoms with Gasteiger partial charge in [-0.15, -0.1) is 0 Å². The zero-order valence-corrected chi connectivity index (χ0v) is 11.4. The first-order chi connectivity index (χ1) is 10.0. The second-order valence-electron chi connectivity index (χ2n) is 4.36. The van der Waals surface area contributed by atoms with Crippen molar-refractivity contribution in [3.05, 3.63) is 65.2 Å². The summed E-state index contributed by atoms with van der Waals surface area (Å²) < 4.78 is 43.5. The standard InChI is InChI=1S/C17H13F3O/c1-21-15-11-9-13(10-12-15)5-4-7-14-6-2-3-8-16(14)17(18,19)20/h2-3,6,8-12H,7H2,1H3. The molecular formula is C17H13F3O. The third kappa shape index (κ3) is 4.03. The summed E-state index contributed by atoms with van der Waals surface area (Å²) in [6, 6.07) is 12.5. The predicted molar refractivity (Wildman–Crippen MR) is 75.0 cm³/mol. The Labute approximate surface area is 121 Å². The van der Waals surface area contributed by atoms with Gasteiger partial charge in [0.05, 0.1) is 12.7 Å². The van der Waals surface area contributed by atoms with E-state index in [0.717, 1.165) is 11.6 Å². The van der Waals surface area contributed by atoms with Crippen LogP contribution < -0.4 is 4.74 Å². The highest BCUT2D eigenvalue weighted by Crippen LogP contribution is 2.31. The predicted octanol–water partition coefficient (Wildman–Crippen LogP) is 4.31. The molecular weight excluding hydrogens is 277 g/mol. The number of rotatable bonds is 2. The number of halogens is 3. The molecule has 0 atom stereocenters. The van der Waals surface area contributed by atoms with E-state index in [1.165, 1.54) is 12.1 Å². The van der Waals surface area contributed by atoms with Gasteiger partial charge in [-0.05, 0) is 35.9 Å². The lowest BCUT2D eigenvalue weighted by Gasteiger charge is -2.10. The molecule has 0 unspecified atom stereocenters. The fourth-order valence-corrected chi connectivity index (χ4v) is 1.87. The van der Waals surface area contributed by atoms with Gasteiger partial charge in [-0.3, -0.25) is 0 Å². The van der Waals surface area contributed by atoms with Crippen LogP contribution in [0.4, 0.5) is 13.2 Å². The highest BCUT2D eigenvalue weighted by Gasteiger charge is 2.32. The quantitative estimate of drug-likeness (QED) is 0.749.